The Bertz CT molecular complexity index is 325. The van der Waals surface area contributed by atoms with Crippen molar-refractivity contribution in [2.75, 3.05) is 5.32 Å². The van der Waals surface area contributed by atoms with Crippen LogP contribution in [0.1, 0.15) is 20.3 Å². The molecule has 76 valence electrons. The van der Waals surface area contributed by atoms with Crippen molar-refractivity contribution in [3.05, 3.63) is 27.8 Å². The standard InChI is InChI=1S/C11H14INO/c1-3-8(2)11(14)13-10-6-4-5-9(12)7-10/h4-8H,3H2,1-2H3,(H,13,14). The summed E-state index contributed by atoms with van der Waals surface area (Å²) in [7, 11) is 0. The SMILES string of the molecule is CCC(C)C(=O)Nc1cccc(I)c1. The first kappa shape index (κ1) is 11.5. The summed E-state index contributed by atoms with van der Waals surface area (Å²) in [6.07, 6.45) is 0.871. The number of amides is 1. The molecule has 0 aliphatic heterocycles. The van der Waals surface area contributed by atoms with Crippen molar-refractivity contribution in [1.29, 1.82) is 0 Å². The number of carbonyl (C=O) groups excluding carboxylic acids is 1. The number of anilines is 1. The molecular formula is C11H14INO. The number of hydrogen-bond donors (Lipinski definition) is 1. The van der Waals surface area contributed by atoms with E-state index in [2.05, 4.69) is 27.9 Å². The second-order valence-electron chi connectivity index (χ2n) is 3.31. The van der Waals surface area contributed by atoms with E-state index in [0.717, 1.165) is 15.7 Å². The van der Waals surface area contributed by atoms with Gasteiger partial charge in [0.2, 0.25) is 5.91 Å². The summed E-state index contributed by atoms with van der Waals surface area (Å²) in [6, 6.07) is 7.80. The summed E-state index contributed by atoms with van der Waals surface area (Å²) < 4.78 is 1.13. The molecule has 0 radical (unpaired) electrons. The van der Waals surface area contributed by atoms with Crippen LogP contribution in [0.4, 0.5) is 5.69 Å². The van der Waals surface area contributed by atoms with Gasteiger partial charge in [-0.1, -0.05) is 19.9 Å². The molecule has 0 saturated heterocycles. The monoisotopic (exact) mass is 303 g/mol. The fraction of sp³-hybridized carbons (Fsp3) is 0.364. The topological polar surface area (TPSA) is 29.1 Å². The largest absolute Gasteiger partial charge is 0.326 e. The predicted octanol–water partition coefficient (Wildman–Crippen LogP) is 3.28. The van der Waals surface area contributed by atoms with Crippen LogP contribution >= 0.6 is 22.6 Å². The van der Waals surface area contributed by atoms with Gasteiger partial charge in [0.05, 0.1) is 0 Å². The number of halogens is 1. The van der Waals surface area contributed by atoms with Gasteiger partial charge in [0.1, 0.15) is 0 Å². The maximum atomic E-state index is 11.5. The van der Waals surface area contributed by atoms with E-state index in [0.29, 0.717) is 0 Å². The molecule has 0 bridgehead atoms. The lowest BCUT2D eigenvalue weighted by Gasteiger charge is -2.09. The molecule has 1 N–H and O–H groups in total. The molecule has 1 rings (SSSR count). The van der Waals surface area contributed by atoms with Gasteiger partial charge in [0.25, 0.3) is 0 Å². The maximum Gasteiger partial charge on any atom is 0.227 e. The van der Waals surface area contributed by atoms with Crippen molar-refractivity contribution in [2.45, 2.75) is 20.3 Å². The minimum atomic E-state index is 0.0767. The zero-order chi connectivity index (χ0) is 10.6. The molecule has 0 saturated carbocycles. The second kappa shape index (κ2) is 5.34. The van der Waals surface area contributed by atoms with E-state index in [-0.39, 0.29) is 11.8 Å². The molecule has 3 heteroatoms. The van der Waals surface area contributed by atoms with E-state index in [9.17, 15) is 4.79 Å². The molecule has 1 aromatic rings. The van der Waals surface area contributed by atoms with Gasteiger partial charge >= 0.3 is 0 Å². The van der Waals surface area contributed by atoms with Gasteiger partial charge in [-0.2, -0.15) is 0 Å². The van der Waals surface area contributed by atoms with Crippen molar-refractivity contribution < 1.29 is 4.79 Å². The third-order valence-corrected chi connectivity index (χ3v) is 2.82. The van der Waals surface area contributed by atoms with Crippen LogP contribution in [0.15, 0.2) is 24.3 Å². The lowest BCUT2D eigenvalue weighted by molar-refractivity contribution is -0.119. The number of benzene rings is 1. The van der Waals surface area contributed by atoms with E-state index in [1.165, 1.54) is 0 Å². The van der Waals surface area contributed by atoms with Gasteiger partial charge in [-0.15, -0.1) is 0 Å². The Balaban J connectivity index is 2.65. The van der Waals surface area contributed by atoms with E-state index < -0.39 is 0 Å². The summed E-state index contributed by atoms with van der Waals surface area (Å²) in [4.78, 5) is 11.5. The first-order valence-corrected chi connectivity index (χ1v) is 5.77. The minimum absolute atomic E-state index is 0.0767. The van der Waals surface area contributed by atoms with Gasteiger partial charge in [-0.3, -0.25) is 4.79 Å². The molecule has 1 aromatic carbocycles. The molecule has 14 heavy (non-hydrogen) atoms. The highest BCUT2D eigenvalue weighted by Crippen LogP contribution is 2.14. The van der Waals surface area contributed by atoms with Crippen LogP contribution in [0, 0.1) is 9.49 Å². The maximum absolute atomic E-state index is 11.5. The molecule has 0 aliphatic carbocycles. The third kappa shape index (κ3) is 3.29. The molecular weight excluding hydrogens is 289 g/mol. The Labute approximate surface area is 98.2 Å². The highest BCUT2D eigenvalue weighted by atomic mass is 127. The first-order valence-electron chi connectivity index (χ1n) is 4.70. The van der Waals surface area contributed by atoms with Crippen molar-refractivity contribution in [3.63, 3.8) is 0 Å². The lowest BCUT2D eigenvalue weighted by atomic mass is 10.1. The predicted molar refractivity (Wildman–Crippen MR) is 67.2 cm³/mol. The summed E-state index contributed by atoms with van der Waals surface area (Å²) in [5.41, 5.74) is 0.877. The molecule has 0 fully saturated rings. The smallest absolute Gasteiger partial charge is 0.227 e. The van der Waals surface area contributed by atoms with E-state index in [1.54, 1.807) is 0 Å². The first-order chi connectivity index (χ1) is 6.63. The van der Waals surface area contributed by atoms with Crippen LogP contribution in [-0.4, -0.2) is 5.91 Å². The fourth-order valence-corrected chi connectivity index (χ4v) is 1.56. The Morgan fingerprint density at radius 3 is 2.86 bits per heavy atom. The number of rotatable bonds is 3. The van der Waals surface area contributed by atoms with Gasteiger partial charge in [-0.05, 0) is 47.2 Å². The van der Waals surface area contributed by atoms with Crippen LogP contribution in [0.25, 0.3) is 0 Å². The number of hydrogen-bond acceptors (Lipinski definition) is 1. The minimum Gasteiger partial charge on any atom is -0.326 e. The van der Waals surface area contributed by atoms with Gasteiger partial charge in [-0.25, -0.2) is 0 Å². The normalized spacial score (nSPS) is 12.2. The van der Waals surface area contributed by atoms with Crippen molar-refractivity contribution in [1.82, 2.24) is 0 Å². The summed E-state index contributed by atoms with van der Waals surface area (Å²) in [5, 5.41) is 2.89. The van der Waals surface area contributed by atoms with Crippen molar-refractivity contribution in [3.8, 4) is 0 Å². The molecule has 0 aliphatic rings. The van der Waals surface area contributed by atoms with Crippen LogP contribution in [-0.2, 0) is 4.79 Å². The van der Waals surface area contributed by atoms with Crippen molar-refractivity contribution >= 4 is 34.2 Å². The molecule has 1 amide bonds. The highest BCUT2D eigenvalue weighted by molar-refractivity contribution is 14.1. The Morgan fingerprint density at radius 2 is 2.29 bits per heavy atom. The van der Waals surface area contributed by atoms with E-state index in [1.807, 2.05) is 38.1 Å². The average molecular weight is 303 g/mol. The molecule has 0 spiro atoms. The van der Waals surface area contributed by atoms with Crippen LogP contribution in [0.3, 0.4) is 0 Å². The van der Waals surface area contributed by atoms with Crippen LogP contribution < -0.4 is 5.32 Å². The number of nitrogens with one attached hydrogen (secondary N) is 1. The zero-order valence-electron chi connectivity index (χ0n) is 8.38. The second-order valence-corrected chi connectivity index (χ2v) is 4.55. The van der Waals surface area contributed by atoms with Crippen LogP contribution in [0.5, 0.6) is 0 Å². The Hall–Kier alpha value is -0.580. The highest BCUT2D eigenvalue weighted by Gasteiger charge is 2.09. The van der Waals surface area contributed by atoms with Gasteiger partial charge in [0, 0.05) is 15.2 Å². The lowest BCUT2D eigenvalue weighted by Crippen LogP contribution is -2.19. The molecule has 0 aromatic heterocycles. The third-order valence-electron chi connectivity index (χ3n) is 2.15. The zero-order valence-corrected chi connectivity index (χ0v) is 10.5. The summed E-state index contributed by atoms with van der Waals surface area (Å²) >= 11 is 2.23. The van der Waals surface area contributed by atoms with Gasteiger partial charge < -0.3 is 5.32 Å². The molecule has 0 heterocycles. The molecule has 2 nitrogen and oxygen atoms in total. The van der Waals surface area contributed by atoms with E-state index >= 15 is 0 Å². The Morgan fingerprint density at radius 1 is 1.57 bits per heavy atom. The molecule has 1 atom stereocenters. The quantitative estimate of drug-likeness (QED) is 0.853. The fourth-order valence-electron chi connectivity index (χ4n) is 1.02. The molecule has 1 unspecified atom stereocenters. The summed E-state index contributed by atoms with van der Waals surface area (Å²) in [5.74, 6) is 0.169. The Kier molecular flexibility index (Phi) is 4.38. The van der Waals surface area contributed by atoms with Crippen LogP contribution in [0.2, 0.25) is 0 Å². The number of carbonyl (C=O) groups is 1. The average Bonchev–Trinajstić information content (AvgIpc) is 2.16. The van der Waals surface area contributed by atoms with E-state index in [4.69, 9.17) is 0 Å². The summed E-state index contributed by atoms with van der Waals surface area (Å²) in [6.45, 7) is 3.95. The van der Waals surface area contributed by atoms with Crippen molar-refractivity contribution in [2.24, 2.45) is 5.92 Å². The van der Waals surface area contributed by atoms with Gasteiger partial charge in [0.15, 0.2) is 0 Å².